The molecule has 1 saturated heterocycles. The van der Waals surface area contributed by atoms with Crippen LogP contribution in [0.3, 0.4) is 0 Å². The fourth-order valence-electron chi connectivity index (χ4n) is 3.14. The van der Waals surface area contributed by atoms with E-state index in [2.05, 4.69) is 49.8 Å². The number of hydrogen-bond donors (Lipinski definition) is 1. The van der Waals surface area contributed by atoms with Gasteiger partial charge in [-0.1, -0.05) is 0 Å². The van der Waals surface area contributed by atoms with E-state index in [0.717, 1.165) is 13.1 Å². The van der Waals surface area contributed by atoms with Gasteiger partial charge < -0.3 is 10.6 Å². The van der Waals surface area contributed by atoms with Gasteiger partial charge in [-0.25, -0.2) is 0 Å². The second-order valence-corrected chi connectivity index (χ2v) is 7.27. The molecule has 19 heavy (non-hydrogen) atoms. The number of thiophene rings is 1. The SMILES string of the molecule is Cc1ccc(C(C(C)N)N2CCCN(C)CC2C)s1. The molecule has 1 aromatic rings. The van der Waals surface area contributed by atoms with Crippen molar-refractivity contribution in [2.24, 2.45) is 5.73 Å². The highest BCUT2D eigenvalue weighted by atomic mass is 32.1. The molecule has 0 spiro atoms. The molecule has 3 unspecified atom stereocenters. The Hall–Kier alpha value is -0.420. The Morgan fingerprint density at radius 2 is 2.11 bits per heavy atom. The summed E-state index contributed by atoms with van der Waals surface area (Å²) < 4.78 is 0. The molecule has 108 valence electrons. The summed E-state index contributed by atoms with van der Waals surface area (Å²) in [7, 11) is 2.22. The molecule has 2 heterocycles. The molecule has 1 aromatic heterocycles. The average molecular weight is 281 g/mol. The third-order valence-corrected chi connectivity index (χ3v) is 5.08. The highest BCUT2D eigenvalue weighted by Gasteiger charge is 2.30. The third kappa shape index (κ3) is 3.57. The van der Waals surface area contributed by atoms with Crippen molar-refractivity contribution in [1.82, 2.24) is 9.80 Å². The van der Waals surface area contributed by atoms with Crippen molar-refractivity contribution < 1.29 is 0 Å². The Balaban J connectivity index is 2.23. The Morgan fingerprint density at radius 3 is 2.68 bits per heavy atom. The lowest BCUT2D eigenvalue weighted by Crippen LogP contribution is -2.45. The monoisotopic (exact) mass is 281 g/mol. The van der Waals surface area contributed by atoms with Crippen LogP contribution in [0.15, 0.2) is 12.1 Å². The maximum atomic E-state index is 6.31. The number of aryl methyl sites for hydroxylation is 1. The van der Waals surface area contributed by atoms with Crippen molar-refractivity contribution >= 4 is 11.3 Å². The molecular weight excluding hydrogens is 254 g/mol. The zero-order valence-electron chi connectivity index (χ0n) is 12.6. The Kier molecular flexibility index (Phi) is 5.01. The van der Waals surface area contributed by atoms with E-state index in [-0.39, 0.29) is 6.04 Å². The van der Waals surface area contributed by atoms with Crippen LogP contribution in [0.2, 0.25) is 0 Å². The molecular formula is C15H27N3S. The molecule has 0 amide bonds. The van der Waals surface area contributed by atoms with Crippen LogP contribution in [0.1, 0.15) is 36.1 Å². The van der Waals surface area contributed by atoms with Crippen molar-refractivity contribution in [3.63, 3.8) is 0 Å². The maximum Gasteiger partial charge on any atom is 0.0593 e. The molecule has 0 bridgehead atoms. The first-order valence-electron chi connectivity index (χ1n) is 7.25. The molecule has 3 nitrogen and oxygen atoms in total. The zero-order chi connectivity index (χ0) is 14.0. The molecule has 0 aliphatic carbocycles. The lowest BCUT2D eigenvalue weighted by Gasteiger charge is -2.37. The molecule has 3 atom stereocenters. The van der Waals surface area contributed by atoms with E-state index < -0.39 is 0 Å². The summed E-state index contributed by atoms with van der Waals surface area (Å²) in [5.74, 6) is 0. The van der Waals surface area contributed by atoms with Gasteiger partial charge in [-0.15, -0.1) is 11.3 Å². The van der Waals surface area contributed by atoms with Crippen molar-refractivity contribution in [2.75, 3.05) is 26.7 Å². The predicted octanol–water partition coefficient (Wildman–Crippen LogP) is 2.47. The van der Waals surface area contributed by atoms with E-state index in [9.17, 15) is 0 Å². The fourth-order valence-corrected chi connectivity index (χ4v) is 4.26. The lowest BCUT2D eigenvalue weighted by atomic mass is 10.0. The van der Waals surface area contributed by atoms with Gasteiger partial charge in [0, 0.05) is 34.9 Å². The van der Waals surface area contributed by atoms with Crippen LogP contribution in [0.25, 0.3) is 0 Å². The zero-order valence-corrected chi connectivity index (χ0v) is 13.4. The minimum Gasteiger partial charge on any atom is -0.326 e. The molecule has 4 heteroatoms. The lowest BCUT2D eigenvalue weighted by molar-refractivity contribution is 0.129. The van der Waals surface area contributed by atoms with Crippen LogP contribution in [0, 0.1) is 6.92 Å². The number of hydrogen-bond acceptors (Lipinski definition) is 4. The average Bonchev–Trinajstić information content (AvgIpc) is 2.66. The molecule has 1 aliphatic heterocycles. The molecule has 1 aliphatic rings. The minimum atomic E-state index is 0.170. The van der Waals surface area contributed by atoms with E-state index in [0.29, 0.717) is 12.1 Å². The minimum absolute atomic E-state index is 0.170. The summed E-state index contributed by atoms with van der Waals surface area (Å²) in [6, 6.07) is 5.56. The molecule has 0 radical (unpaired) electrons. The van der Waals surface area contributed by atoms with Crippen molar-refractivity contribution in [3.8, 4) is 0 Å². The summed E-state index contributed by atoms with van der Waals surface area (Å²) in [6.07, 6.45) is 1.23. The summed E-state index contributed by atoms with van der Waals surface area (Å²) >= 11 is 1.89. The van der Waals surface area contributed by atoms with Gasteiger partial charge in [-0.2, -0.15) is 0 Å². The van der Waals surface area contributed by atoms with Crippen LogP contribution >= 0.6 is 11.3 Å². The van der Waals surface area contributed by atoms with E-state index in [1.165, 1.54) is 22.7 Å². The number of rotatable bonds is 3. The molecule has 0 aromatic carbocycles. The van der Waals surface area contributed by atoms with Gasteiger partial charge in [0.1, 0.15) is 0 Å². The van der Waals surface area contributed by atoms with E-state index in [1.807, 2.05) is 11.3 Å². The summed E-state index contributed by atoms with van der Waals surface area (Å²) in [6.45, 7) is 10.1. The Bertz CT molecular complexity index is 402. The first kappa shape index (κ1) is 15.0. The predicted molar refractivity (Wildman–Crippen MR) is 83.7 cm³/mol. The van der Waals surface area contributed by atoms with E-state index in [4.69, 9.17) is 5.73 Å². The number of nitrogens with two attached hydrogens (primary N) is 1. The Morgan fingerprint density at radius 1 is 1.37 bits per heavy atom. The van der Waals surface area contributed by atoms with Crippen LogP contribution in [0.4, 0.5) is 0 Å². The van der Waals surface area contributed by atoms with Gasteiger partial charge in [0.05, 0.1) is 6.04 Å². The van der Waals surface area contributed by atoms with Crippen molar-refractivity contribution in [1.29, 1.82) is 0 Å². The fraction of sp³-hybridized carbons (Fsp3) is 0.733. The number of likely N-dealkylation sites (N-methyl/N-ethyl adjacent to an activating group) is 1. The summed E-state index contributed by atoms with van der Waals surface area (Å²) in [5.41, 5.74) is 6.31. The quantitative estimate of drug-likeness (QED) is 0.924. The Labute approximate surface area is 121 Å². The third-order valence-electron chi connectivity index (χ3n) is 4.01. The van der Waals surface area contributed by atoms with Crippen LogP contribution in [-0.4, -0.2) is 48.6 Å². The van der Waals surface area contributed by atoms with Crippen LogP contribution in [0.5, 0.6) is 0 Å². The summed E-state index contributed by atoms with van der Waals surface area (Å²) in [4.78, 5) is 7.84. The van der Waals surface area contributed by atoms with Gasteiger partial charge in [-0.3, -0.25) is 4.90 Å². The largest absolute Gasteiger partial charge is 0.326 e. The van der Waals surface area contributed by atoms with Gasteiger partial charge in [0.2, 0.25) is 0 Å². The maximum absolute atomic E-state index is 6.31. The second-order valence-electron chi connectivity index (χ2n) is 5.96. The van der Waals surface area contributed by atoms with Crippen LogP contribution < -0.4 is 5.73 Å². The highest BCUT2D eigenvalue weighted by Crippen LogP contribution is 2.32. The van der Waals surface area contributed by atoms with Gasteiger partial charge in [-0.05, 0) is 52.9 Å². The van der Waals surface area contributed by atoms with E-state index >= 15 is 0 Å². The summed E-state index contributed by atoms with van der Waals surface area (Å²) in [5, 5.41) is 0. The molecule has 1 fully saturated rings. The highest BCUT2D eigenvalue weighted by molar-refractivity contribution is 7.12. The molecule has 2 N–H and O–H groups in total. The van der Waals surface area contributed by atoms with Crippen molar-refractivity contribution in [3.05, 3.63) is 21.9 Å². The van der Waals surface area contributed by atoms with Crippen LogP contribution in [-0.2, 0) is 0 Å². The first-order chi connectivity index (χ1) is 8.99. The topological polar surface area (TPSA) is 32.5 Å². The normalized spacial score (nSPS) is 26.1. The van der Waals surface area contributed by atoms with Crippen molar-refractivity contribution in [2.45, 2.75) is 45.3 Å². The smallest absolute Gasteiger partial charge is 0.0593 e. The second kappa shape index (κ2) is 6.35. The van der Waals surface area contributed by atoms with Gasteiger partial charge in [0.25, 0.3) is 0 Å². The number of nitrogens with zero attached hydrogens (tertiary/aromatic N) is 2. The standard InChI is InChI=1S/C15H27N3S/c1-11-10-17(4)8-5-9-18(11)15(13(3)16)14-7-6-12(2)19-14/h6-7,11,13,15H,5,8-10,16H2,1-4H3. The van der Waals surface area contributed by atoms with E-state index in [1.54, 1.807) is 0 Å². The molecule has 0 saturated carbocycles. The van der Waals surface area contributed by atoms with Gasteiger partial charge in [0.15, 0.2) is 0 Å². The molecule has 2 rings (SSSR count). The van der Waals surface area contributed by atoms with Gasteiger partial charge >= 0.3 is 0 Å². The first-order valence-corrected chi connectivity index (χ1v) is 8.07.